The summed E-state index contributed by atoms with van der Waals surface area (Å²) in [4.78, 5) is 31.3. The highest BCUT2D eigenvalue weighted by Crippen LogP contribution is 2.20. The molecule has 2 aromatic rings. The van der Waals surface area contributed by atoms with E-state index >= 15 is 0 Å². The molecular weight excluding hydrogens is 394 g/mol. The Kier molecular flexibility index (Phi) is 6.86. The SMILES string of the molecule is CCOC(=O)N1CCN(C2CCCN(C(=O)c3cccc(Cn4cccn4)c3)C2)CC1. The number of amides is 2. The highest BCUT2D eigenvalue weighted by molar-refractivity contribution is 5.94. The van der Waals surface area contributed by atoms with Crippen LogP contribution in [0.5, 0.6) is 0 Å². The average molecular weight is 426 g/mol. The lowest BCUT2D eigenvalue weighted by Crippen LogP contribution is -2.56. The molecule has 31 heavy (non-hydrogen) atoms. The Morgan fingerprint density at radius 2 is 1.94 bits per heavy atom. The second kappa shape index (κ2) is 9.96. The number of ether oxygens (including phenoxy) is 1. The molecule has 2 amide bonds. The highest BCUT2D eigenvalue weighted by atomic mass is 16.6. The minimum atomic E-state index is -0.224. The maximum absolute atomic E-state index is 13.2. The summed E-state index contributed by atoms with van der Waals surface area (Å²) >= 11 is 0. The summed E-state index contributed by atoms with van der Waals surface area (Å²) in [5.74, 6) is 0.0946. The molecule has 1 aromatic carbocycles. The Morgan fingerprint density at radius 1 is 1.10 bits per heavy atom. The Labute approximate surface area is 183 Å². The van der Waals surface area contributed by atoms with Gasteiger partial charge in [-0.2, -0.15) is 5.10 Å². The molecular formula is C23H31N5O3. The summed E-state index contributed by atoms with van der Waals surface area (Å²) in [5, 5.41) is 4.25. The van der Waals surface area contributed by atoms with Crippen molar-refractivity contribution in [2.75, 3.05) is 45.9 Å². The summed E-state index contributed by atoms with van der Waals surface area (Å²) < 4.78 is 6.97. The lowest BCUT2D eigenvalue weighted by Gasteiger charge is -2.43. The number of piperazine rings is 1. The predicted octanol–water partition coefficient (Wildman–Crippen LogP) is 2.31. The number of benzene rings is 1. The normalized spacial score (nSPS) is 20.0. The first-order valence-corrected chi connectivity index (χ1v) is 11.2. The molecule has 1 atom stereocenters. The molecule has 0 saturated carbocycles. The van der Waals surface area contributed by atoms with E-state index in [1.54, 1.807) is 11.1 Å². The van der Waals surface area contributed by atoms with Gasteiger partial charge >= 0.3 is 6.09 Å². The van der Waals surface area contributed by atoms with E-state index in [4.69, 9.17) is 4.74 Å². The van der Waals surface area contributed by atoms with Gasteiger partial charge in [-0.3, -0.25) is 14.4 Å². The molecule has 1 aromatic heterocycles. The average Bonchev–Trinajstić information content (AvgIpc) is 3.32. The summed E-state index contributed by atoms with van der Waals surface area (Å²) in [6.07, 6.45) is 5.54. The zero-order chi connectivity index (χ0) is 21.6. The monoisotopic (exact) mass is 425 g/mol. The Hall–Kier alpha value is -2.87. The smallest absolute Gasteiger partial charge is 0.409 e. The first-order valence-electron chi connectivity index (χ1n) is 11.2. The van der Waals surface area contributed by atoms with Crippen LogP contribution in [0.15, 0.2) is 42.7 Å². The van der Waals surface area contributed by atoms with Crippen molar-refractivity contribution in [3.05, 3.63) is 53.9 Å². The topological polar surface area (TPSA) is 70.9 Å². The first-order chi connectivity index (χ1) is 15.1. The van der Waals surface area contributed by atoms with Gasteiger partial charge in [0.15, 0.2) is 0 Å². The van der Waals surface area contributed by atoms with E-state index in [1.807, 2.05) is 53.0 Å². The molecule has 3 heterocycles. The van der Waals surface area contributed by atoms with E-state index in [0.29, 0.717) is 32.3 Å². The Morgan fingerprint density at radius 3 is 2.68 bits per heavy atom. The van der Waals surface area contributed by atoms with Crippen LogP contribution in [0.25, 0.3) is 0 Å². The summed E-state index contributed by atoms with van der Waals surface area (Å²) in [6.45, 7) is 7.43. The van der Waals surface area contributed by atoms with Crippen molar-refractivity contribution in [3.63, 3.8) is 0 Å². The first kappa shape index (κ1) is 21.4. The number of rotatable bonds is 5. The number of hydrogen-bond acceptors (Lipinski definition) is 5. The lowest BCUT2D eigenvalue weighted by molar-refractivity contribution is 0.0378. The fraction of sp³-hybridized carbons (Fsp3) is 0.522. The van der Waals surface area contributed by atoms with Gasteiger partial charge in [-0.25, -0.2) is 4.79 Å². The Balaban J connectivity index is 1.34. The van der Waals surface area contributed by atoms with Crippen LogP contribution in [-0.2, 0) is 11.3 Å². The quantitative estimate of drug-likeness (QED) is 0.735. The van der Waals surface area contributed by atoms with E-state index in [2.05, 4.69) is 10.00 Å². The minimum absolute atomic E-state index is 0.0946. The fourth-order valence-corrected chi connectivity index (χ4v) is 4.49. The summed E-state index contributed by atoms with van der Waals surface area (Å²) in [6, 6.07) is 10.1. The van der Waals surface area contributed by atoms with E-state index in [1.165, 1.54) is 0 Å². The molecule has 8 heteroatoms. The van der Waals surface area contributed by atoms with Gasteiger partial charge < -0.3 is 14.5 Å². The second-order valence-corrected chi connectivity index (χ2v) is 8.17. The van der Waals surface area contributed by atoms with Crippen LogP contribution in [0.2, 0.25) is 0 Å². The molecule has 166 valence electrons. The van der Waals surface area contributed by atoms with Crippen molar-refractivity contribution in [1.82, 2.24) is 24.5 Å². The zero-order valence-electron chi connectivity index (χ0n) is 18.2. The van der Waals surface area contributed by atoms with Gasteiger partial charge in [-0.15, -0.1) is 0 Å². The van der Waals surface area contributed by atoms with Gasteiger partial charge in [0.2, 0.25) is 0 Å². The van der Waals surface area contributed by atoms with Gasteiger partial charge in [0, 0.05) is 63.3 Å². The van der Waals surface area contributed by atoms with Gasteiger partial charge in [0.1, 0.15) is 0 Å². The molecule has 0 bridgehead atoms. The molecule has 2 aliphatic rings. The van der Waals surface area contributed by atoms with Crippen molar-refractivity contribution >= 4 is 12.0 Å². The zero-order valence-corrected chi connectivity index (χ0v) is 18.2. The third kappa shape index (κ3) is 5.25. The van der Waals surface area contributed by atoms with Gasteiger partial charge in [0.25, 0.3) is 5.91 Å². The van der Waals surface area contributed by atoms with Crippen molar-refractivity contribution in [2.24, 2.45) is 0 Å². The van der Waals surface area contributed by atoms with Crippen LogP contribution < -0.4 is 0 Å². The third-order valence-corrected chi connectivity index (χ3v) is 6.12. The van der Waals surface area contributed by atoms with E-state index in [9.17, 15) is 9.59 Å². The van der Waals surface area contributed by atoms with Crippen LogP contribution in [0.3, 0.4) is 0 Å². The number of likely N-dealkylation sites (tertiary alicyclic amines) is 1. The van der Waals surface area contributed by atoms with Gasteiger partial charge in [0.05, 0.1) is 13.2 Å². The standard InChI is InChI=1S/C23H31N5O3/c1-2-31-23(30)26-14-12-25(13-15-26)21-8-4-10-27(18-21)22(29)20-7-3-6-19(16-20)17-28-11-5-9-24-28/h3,5-7,9,11,16,21H,2,4,8,10,12-15,17-18H2,1H3. The van der Waals surface area contributed by atoms with Crippen molar-refractivity contribution in [2.45, 2.75) is 32.4 Å². The van der Waals surface area contributed by atoms with Gasteiger partial charge in [-0.05, 0) is 43.5 Å². The van der Waals surface area contributed by atoms with Crippen molar-refractivity contribution in [1.29, 1.82) is 0 Å². The number of nitrogens with zero attached hydrogens (tertiary/aromatic N) is 5. The van der Waals surface area contributed by atoms with Crippen LogP contribution >= 0.6 is 0 Å². The molecule has 2 fully saturated rings. The fourth-order valence-electron chi connectivity index (χ4n) is 4.49. The summed E-state index contributed by atoms with van der Waals surface area (Å²) in [5.41, 5.74) is 1.80. The van der Waals surface area contributed by atoms with Crippen LogP contribution in [-0.4, -0.2) is 88.4 Å². The molecule has 0 spiro atoms. The number of carbonyl (C=O) groups excluding carboxylic acids is 2. The van der Waals surface area contributed by atoms with E-state index < -0.39 is 0 Å². The van der Waals surface area contributed by atoms with Crippen LogP contribution in [0, 0.1) is 0 Å². The largest absolute Gasteiger partial charge is 0.450 e. The molecule has 2 aliphatic heterocycles. The molecule has 4 rings (SSSR count). The molecule has 2 saturated heterocycles. The highest BCUT2D eigenvalue weighted by Gasteiger charge is 2.31. The molecule has 1 unspecified atom stereocenters. The Bertz CT molecular complexity index is 877. The number of carbonyl (C=O) groups is 2. The third-order valence-electron chi connectivity index (χ3n) is 6.12. The predicted molar refractivity (Wildman–Crippen MR) is 117 cm³/mol. The maximum atomic E-state index is 13.2. The van der Waals surface area contributed by atoms with Crippen LogP contribution in [0.4, 0.5) is 4.79 Å². The summed E-state index contributed by atoms with van der Waals surface area (Å²) in [7, 11) is 0. The molecule has 0 radical (unpaired) electrons. The number of aromatic nitrogens is 2. The number of hydrogen-bond donors (Lipinski definition) is 0. The van der Waals surface area contributed by atoms with E-state index in [0.717, 1.165) is 50.1 Å². The molecule has 0 aliphatic carbocycles. The number of piperidine rings is 1. The maximum Gasteiger partial charge on any atom is 0.409 e. The lowest BCUT2D eigenvalue weighted by atomic mass is 10.0. The minimum Gasteiger partial charge on any atom is -0.450 e. The van der Waals surface area contributed by atoms with Crippen molar-refractivity contribution < 1.29 is 14.3 Å². The van der Waals surface area contributed by atoms with Crippen molar-refractivity contribution in [3.8, 4) is 0 Å². The van der Waals surface area contributed by atoms with E-state index in [-0.39, 0.29) is 12.0 Å². The molecule has 0 N–H and O–H groups in total. The van der Waals surface area contributed by atoms with Gasteiger partial charge in [-0.1, -0.05) is 12.1 Å². The van der Waals surface area contributed by atoms with Crippen LogP contribution in [0.1, 0.15) is 35.7 Å². The second-order valence-electron chi connectivity index (χ2n) is 8.17. The molecule has 8 nitrogen and oxygen atoms in total.